The van der Waals surface area contributed by atoms with Gasteiger partial charge in [0.2, 0.25) is 0 Å². The lowest BCUT2D eigenvalue weighted by atomic mass is 10.1. The Hall–Kier alpha value is -3.29. The van der Waals surface area contributed by atoms with E-state index in [9.17, 15) is 10.1 Å². The van der Waals surface area contributed by atoms with Crippen molar-refractivity contribution < 1.29 is 14.4 Å². The van der Waals surface area contributed by atoms with Crippen LogP contribution in [-0.4, -0.2) is 37.2 Å². The molecular weight excluding hydrogens is 372 g/mol. The normalized spacial score (nSPS) is 13.1. The van der Waals surface area contributed by atoms with Gasteiger partial charge in [0.25, 0.3) is 5.69 Å². The van der Waals surface area contributed by atoms with Crippen molar-refractivity contribution in [2.24, 2.45) is 4.99 Å². The number of ether oxygens (including phenoxy) is 2. The molecule has 1 aliphatic heterocycles. The molecule has 0 bridgehead atoms. The van der Waals surface area contributed by atoms with Crippen LogP contribution in [0.25, 0.3) is 0 Å². The number of nitro groups is 1. The zero-order valence-electron chi connectivity index (χ0n) is 16.5. The maximum atomic E-state index is 10.8. The Morgan fingerprint density at radius 1 is 1.03 bits per heavy atom. The molecule has 2 aromatic rings. The molecule has 2 N–H and O–H groups in total. The zero-order chi connectivity index (χ0) is 20.5. The molecule has 8 nitrogen and oxygen atoms in total. The smallest absolute Gasteiger partial charge is 0.269 e. The molecule has 3 rings (SSSR count). The Balaban J connectivity index is 1.55. The third-order valence-corrected chi connectivity index (χ3v) is 4.42. The molecule has 0 spiro atoms. The summed E-state index contributed by atoms with van der Waals surface area (Å²) in [7, 11) is 0. The third-order valence-electron chi connectivity index (χ3n) is 4.42. The molecule has 0 amide bonds. The van der Waals surface area contributed by atoms with Gasteiger partial charge in [-0.2, -0.15) is 0 Å². The van der Waals surface area contributed by atoms with E-state index in [1.54, 1.807) is 12.1 Å². The van der Waals surface area contributed by atoms with Crippen molar-refractivity contribution in [2.45, 2.75) is 26.3 Å². The third kappa shape index (κ3) is 6.10. The molecule has 154 valence electrons. The minimum atomic E-state index is -0.402. The van der Waals surface area contributed by atoms with Crippen molar-refractivity contribution in [1.29, 1.82) is 0 Å². The Bertz CT molecular complexity index is 852. The highest BCUT2D eigenvalue weighted by atomic mass is 16.6. The zero-order valence-corrected chi connectivity index (χ0v) is 16.5. The van der Waals surface area contributed by atoms with Crippen LogP contribution in [0.4, 0.5) is 5.69 Å². The van der Waals surface area contributed by atoms with E-state index in [0.717, 1.165) is 54.5 Å². The van der Waals surface area contributed by atoms with Crippen molar-refractivity contribution in [2.75, 3.05) is 26.3 Å². The first kappa shape index (κ1) is 20.4. The molecule has 0 radical (unpaired) electrons. The Labute approximate surface area is 170 Å². The van der Waals surface area contributed by atoms with E-state index in [4.69, 9.17) is 9.47 Å². The molecule has 0 saturated carbocycles. The van der Waals surface area contributed by atoms with Crippen LogP contribution in [0.15, 0.2) is 47.5 Å². The number of hydrogen-bond donors (Lipinski definition) is 2. The number of fused-ring (bicyclic) bond motifs is 1. The van der Waals surface area contributed by atoms with Gasteiger partial charge in [-0.25, -0.2) is 4.99 Å². The largest absolute Gasteiger partial charge is 0.486 e. The second kappa shape index (κ2) is 10.3. The molecule has 0 atom stereocenters. The van der Waals surface area contributed by atoms with Crippen LogP contribution < -0.4 is 20.1 Å². The van der Waals surface area contributed by atoms with Crippen LogP contribution in [0.2, 0.25) is 0 Å². The van der Waals surface area contributed by atoms with Crippen molar-refractivity contribution in [3.8, 4) is 11.5 Å². The number of guanidine groups is 1. The fraction of sp³-hybridized carbons (Fsp3) is 0.381. The molecule has 1 aliphatic rings. The fourth-order valence-corrected chi connectivity index (χ4v) is 2.88. The Kier molecular flexibility index (Phi) is 7.27. The first-order chi connectivity index (χ1) is 14.2. The topological polar surface area (TPSA) is 98.0 Å². The van der Waals surface area contributed by atoms with Gasteiger partial charge in [-0.05, 0) is 36.1 Å². The monoisotopic (exact) mass is 398 g/mol. The number of hydrogen-bond acceptors (Lipinski definition) is 5. The van der Waals surface area contributed by atoms with E-state index in [1.807, 2.05) is 18.2 Å². The molecule has 8 heteroatoms. The summed E-state index contributed by atoms with van der Waals surface area (Å²) in [6.07, 6.45) is 1.81. The molecule has 2 aromatic carbocycles. The maximum Gasteiger partial charge on any atom is 0.269 e. The van der Waals surface area contributed by atoms with Gasteiger partial charge in [-0.15, -0.1) is 0 Å². The molecule has 0 aromatic heterocycles. The highest BCUT2D eigenvalue weighted by Gasteiger charge is 2.11. The van der Waals surface area contributed by atoms with Gasteiger partial charge in [0.05, 0.1) is 11.5 Å². The number of nitrogens with zero attached hydrogens (tertiary/aromatic N) is 2. The van der Waals surface area contributed by atoms with Gasteiger partial charge in [0, 0.05) is 25.2 Å². The van der Waals surface area contributed by atoms with Crippen LogP contribution in [0.5, 0.6) is 11.5 Å². The summed E-state index contributed by atoms with van der Waals surface area (Å²) < 4.78 is 11.2. The second-order valence-corrected chi connectivity index (χ2v) is 6.67. The molecule has 0 saturated heterocycles. The van der Waals surface area contributed by atoms with Crippen LogP contribution in [0.1, 0.15) is 24.5 Å². The lowest BCUT2D eigenvalue weighted by Gasteiger charge is -2.19. The maximum absolute atomic E-state index is 10.8. The Morgan fingerprint density at radius 3 is 2.45 bits per heavy atom. The summed E-state index contributed by atoms with van der Waals surface area (Å²) >= 11 is 0. The summed E-state index contributed by atoms with van der Waals surface area (Å²) in [5, 5.41) is 17.4. The minimum Gasteiger partial charge on any atom is -0.486 e. The molecule has 29 heavy (non-hydrogen) atoms. The molecule has 0 fully saturated rings. The van der Waals surface area contributed by atoms with Gasteiger partial charge in [0.1, 0.15) is 13.2 Å². The van der Waals surface area contributed by atoms with Crippen molar-refractivity contribution in [3.05, 3.63) is 63.7 Å². The predicted molar refractivity (Wildman–Crippen MR) is 112 cm³/mol. The molecule has 0 unspecified atom stereocenters. The van der Waals surface area contributed by atoms with Crippen molar-refractivity contribution in [3.63, 3.8) is 0 Å². The predicted octanol–water partition coefficient (Wildman–Crippen LogP) is 3.05. The molecule has 0 aliphatic carbocycles. The highest BCUT2D eigenvalue weighted by molar-refractivity contribution is 5.79. The SMILES string of the molecule is CCCNC(=NCc1ccc([N+](=O)[O-])cc1)NCCc1ccc2c(c1)OCCO2. The van der Waals surface area contributed by atoms with Crippen LogP contribution in [-0.2, 0) is 13.0 Å². The average Bonchev–Trinajstić information content (AvgIpc) is 2.75. The van der Waals surface area contributed by atoms with E-state index in [1.165, 1.54) is 12.1 Å². The first-order valence-electron chi connectivity index (χ1n) is 9.79. The lowest BCUT2D eigenvalue weighted by molar-refractivity contribution is -0.384. The first-order valence-corrected chi connectivity index (χ1v) is 9.79. The molecular formula is C21H26N4O4. The van der Waals surface area contributed by atoms with E-state index >= 15 is 0 Å². The van der Waals surface area contributed by atoms with E-state index in [-0.39, 0.29) is 5.69 Å². The Morgan fingerprint density at radius 2 is 1.72 bits per heavy atom. The summed E-state index contributed by atoms with van der Waals surface area (Å²) in [5.41, 5.74) is 2.16. The summed E-state index contributed by atoms with van der Waals surface area (Å²) in [6.45, 7) is 5.24. The number of nitrogens with one attached hydrogen (secondary N) is 2. The van der Waals surface area contributed by atoms with Crippen molar-refractivity contribution in [1.82, 2.24) is 10.6 Å². The number of non-ortho nitro benzene ring substituents is 1. The number of rotatable bonds is 8. The van der Waals surface area contributed by atoms with Crippen LogP contribution in [0, 0.1) is 10.1 Å². The number of aliphatic imine (C=N–C) groups is 1. The van der Waals surface area contributed by atoms with Crippen LogP contribution >= 0.6 is 0 Å². The minimum absolute atomic E-state index is 0.0830. The van der Waals surface area contributed by atoms with Gasteiger partial charge in [-0.1, -0.05) is 25.1 Å². The summed E-state index contributed by atoms with van der Waals surface area (Å²) in [4.78, 5) is 14.9. The summed E-state index contributed by atoms with van der Waals surface area (Å²) in [6, 6.07) is 12.5. The number of nitro benzene ring substituents is 1. The standard InChI is InChI=1S/C21H26N4O4/c1-2-10-22-21(24-15-17-3-6-18(7-4-17)25(26)27)23-11-9-16-5-8-19-20(14-16)29-13-12-28-19/h3-8,14H,2,9-13,15H2,1H3,(H2,22,23,24). The second-order valence-electron chi connectivity index (χ2n) is 6.67. The number of benzene rings is 2. The van der Waals surface area contributed by atoms with Gasteiger partial charge < -0.3 is 20.1 Å². The average molecular weight is 398 g/mol. The quantitative estimate of drug-likeness (QED) is 0.307. The van der Waals surface area contributed by atoms with Gasteiger partial charge in [0.15, 0.2) is 17.5 Å². The van der Waals surface area contributed by atoms with Crippen molar-refractivity contribution >= 4 is 11.6 Å². The van der Waals surface area contributed by atoms with Gasteiger partial charge in [-0.3, -0.25) is 10.1 Å². The van der Waals surface area contributed by atoms with E-state index < -0.39 is 4.92 Å². The summed E-state index contributed by atoms with van der Waals surface area (Å²) in [5.74, 6) is 2.32. The van der Waals surface area contributed by atoms with Crippen LogP contribution in [0.3, 0.4) is 0 Å². The van der Waals surface area contributed by atoms with E-state index in [0.29, 0.717) is 19.8 Å². The molecule has 1 heterocycles. The lowest BCUT2D eigenvalue weighted by Crippen LogP contribution is -2.38. The van der Waals surface area contributed by atoms with E-state index in [2.05, 4.69) is 22.5 Å². The van der Waals surface area contributed by atoms with Gasteiger partial charge >= 0.3 is 0 Å². The highest BCUT2D eigenvalue weighted by Crippen LogP contribution is 2.30. The fourth-order valence-electron chi connectivity index (χ4n) is 2.88.